The van der Waals surface area contributed by atoms with E-state index in [1.807, 2.05) is 4.90 Å². The summed E-state index contributed by atoms with van der Waals surface area (Å²) in [5.74, 6) is 1.47. The topological polar surface area (TPSA) is 59.1 Å². The van der Waals surface area contributed by atoms with Crippen LogP contribution in [0.5, 0.6) is 11.5 Å². The van der Waals surface area contributed by atoms with Crippen molar-refractivity contribution < 1.29 is 32.2 Å². The highest BCUT2D eigenvalue weighted by molar-refractivity contribution is 5.95. The number of hydrogen-bond donors (Lipinski definition) is 0. The SMILES string of the molecule is CC(C)C1=CCN(C(=O)c2ccc(OCc3cc(C(F)(F)F)cc(C4(C(=O)N5CC=C(C(C)C)CC5)CC4)c3)c(OC3CCCC3)c2)CC1. The van der Waals surface area contributed by atoms with Gasteiger partial charge in [0.05, 0.1) is 17.1 Å². The van der Waals surface area contributed by atoms with E-state index < -0.39 is 17.2 Å². The van der Waals surface area contributed by atoms with Crippen molar-refractivity contribution in [2.45, 2.75) is 103 Å². The van der Waals surface area contributed by atoms with E-state index in [0.29, 0.717) is 79.0 Å². The zero-order chi connectivity index (χ0) is 34.9. The van der Waals surface area contributed by atoms with Gasteiger partial charge in [0.15, 0.2) is 11.5 Å². The van der Waals surface area contributed by atoms with Gasteiger partial charge in [0, 0.05) is 31.7 Å². The number of carbonyl (C=O) groups excluding carboxylic acids is 2. The van der Waals surface area contributed by atoms with E-state index in [0.717, 1.165) is 50.7 Å². The maximum atomic E-state index is 14.2. The molecule has 6 rings (SSSR count). The first-order valence-electron chi connectivity index (χ1n) is 18.0. The first-order valence-corrected chi connectivity index (χ1v) is 18.0. The van der Waals surface area contributed by atoms with Crippen LogP contribution in [0.3, 0.4) is 0 Å². The minimum absolute atomic E-state index is 0.0126. The van der Waals surface area contributed by atoms with Gasteiger partial charge in [-0.2, -0.15) is 13.2 Å². The van der Waals surface area contributed by atoms with Crippen LogP contribution in [0.25, 0.3) is 0 Å². The first-order chi connectivity index (χ1) is 23.3. The van der Waals surface area contributed by atoms with Crippen LogP contribution >= 0.6 is 0 Å². The van der Waals surface area contributed by atoms with Crippen LogP contribution in [0.15, 0.2) is 59.7 Å². The van der Waals surface area contributed by atoms with Crippen LogP contribution in [0.4, 0.5) is 13.2 Å². The van der Waals surface area contributed by atoms with Crippen molar-refractivity contribution in [1.82, 2.24) is 9.80 Å². The highest BCUT2D eigenvalue weighted by atomic mass is 19.4. The summed E-state index contributed by atoms with van der Waals surface area (Å²) in [6.07, 6.45) is 6.19. The van der Waals surface area contributed by atoms with E-state index in [4.69, 9.17) is 9.47 Å². The second-order valence-corrected chi connectivity index (χ2v) is 14.8. The lowest BCUT2D eigenvalue weighted by Gasteiger charge is -2.31. The first kappa shape index (κ1) is 35.1. The molecule has 2 aliphatic carbocycles. The summed E-state index contributed by atoms with van der Waals surface area (Å²) < 4.78 is 55.2. The van der Waals surface area contributed by atoms with Crippen molar-refractivity contribution in [3.63, 3.8) is 0 Å². The second kappa shape index (κ2) is 14.2. The summed E-state index contributed by atoms with van der Waals surface area (Å²) in [5, 5.41) is 0. The van der Waals surface area contributed by atoms with Gasteiger partial charge in [0.1, 0.15) is 6.61 Å². The quantitative estimate of drug-likeness (QED) is 0.236. The smallest absolute Gasteiger partial charge is 0.416 e. The maximum absolute atomic E-state index is 14.2. The number of ether oxygens (including phenoxy) is 2. The molecule has 0 bridgehead atoms. The Morgan fingerprint density at radius 2 is 1.49 bits per heavy atom. The predicted octanol–water partition coefficient (Wildman–Crippen LogP) is 8.88. The zero-order valence-electron chi connectivity index (χ0n) is 29.2. The molecule has 6 nitrogen and oxygen atoms in total. The van der Waals surface area contributed by atoms with Crippen LogP contribution in [0.1, 0.15) is 106 Å². The standard InChI is InChI=1S/C40H49F3N2O4/c1-26(2)29-11-17-44(18-12-29)37(46)31-9-10-35(36(23-31)49-34-7-5-6-8-34)48-25-28-21-32(24-33(22-28)40(41,42)43)39(15-16-39)38(47)45-19-13-30(14-20-45)27(3)4/h9-11,13,21-24,26-27,34H,5-8,12,14-20,25H2,1-4H3. The fourth-order valence-corrected chi connectivity index (χ4v) is 7.44. The fourth-order valence-electron chi connectivity index (χ4n) is 7.44. The van der Waals surface area contributed by atoms with Gasteiger partial charge in [-0.1, -0.05) is 57.1 Å². The molecule has 0 N–H and O–H groups in total. The molecule has 0 aromatic heterocycles. The van der Waals surface area contributed by atoms with Crippen molar-refractivity contribution >= 4 is 11.8 Å². The van der Waals surface area contributed by atoms with Gasteiger partial charge in [-0.25, -0.2) is 0 Å². The highest BCUT2D eigenvalue weighted by Crippen LogP contribution is 2.51. The van der Waals surface area contributed by atoms with E-state index in [1.165, 1.54) is 11.1 Å². The van der Waals surface area contributed by atoms with Gasteiger partial charge in [0.25, 0.3) is 5.91 Å². The molecular weight excluding hydrogens is 629 g/mol. The molecule has 0 saturated heterocycles. The average molecular weight is 679 g/mol. The zero-order valence-corrected chi connectivity index (χ0v) is 29.2. The van der Waals surface area contributed by atoms with Crippen LogP contribution in [-0.2, 0) is 23.0 Å². The third-order valence-electron chi connectivity index (χ3n) is 10.8. The third-order valence-corrected chi connectivity index (χ3v) is 10.8. The normalized spacial score (nSPS) is 19.6. The van der Waals surface area contributed by atoms with Gasteiger partial charge in [-0.15, -0.1) is 0 Å². The predicted molar refractivity (Wildman–Crippen MR) is 184 cm³/mol. The van der Waals surface area contributed by atoms with E-state index in [-0.39, 0.29) is 24.5 Å². The Morgan fingerprint density at radius 3 is 2.04 bits per heavy atom. The minimum Gasteiger partial charge on any atom is -0.487 e. The summed E-state index contributed by atoms with van der Waals surface area (Å²) in [7, 11) is 0. The molecule has 9 heteroatoms. The number of benzene rings is 2. The molecule has 0 spiro atoms. The highest BCUT2D eigenvalue weighted by Gasteiger charge is 2.53. The van der Waals surface area contributed by atoms with Crippen LogP contribution < -0.4 is 9.47 Å². The Kier molecular flexibility index (Phi) is 10.2. The minimum atomic E-state index is -4.58. The van der Waals surface area contributed by atoms with Crippen molar-refractivity contribution in [3.05, 3.63) is 82.0 Å². The fraction of sp³-hybridized carbons (Fsp3) is 0.550. The molecule has 2 fully saturated rings. The molecule has 2 amide bonds. The van der Waals surface area contributed by atoms with Crippen molar-refractivity contribution in [3.8, 4) is 11.5 Å². The van der Waals surface area contributed by atoms with Crippen LogP contribution in [0.2, 0.25) is 0 Å². The van der Waals surface area contributed by atoms with E-state index >= 15 is 0 Å². The van der Waals surface area contributed by atoms with Gasteiger partial charge in [-0.3, -0.25) is 9.59 Å². The van der Waals surface area contributed by atoms with Crippen molar-refractivity contribution in [2.75, 3.05) is 26.2 Å². The summed E-state index contributed by atoms with van der Waals surface area (Å²) >= 11 is 0. The summed E-state index contributed by atoms with van der Waals surface area (Å²) in [6, 6.07) is 9.05. The molecule has 2 saturated carbocycles. The Bertz CT molecular complexity index is 1620. The molecule has 0 atom stereocenters. The molecule has 49 heavy (non-hydrogen) atoms. The lowest BCUT2D eigenvalue weighted by atomic mass is 9.89. The molecule has 2 heterocycles. The Balaban J connectivity index is 1.23. The Morgan fingerprint density at radius 1 is 0.857 bits per heavy atom. The Labute approximate surface area is 288 Å². The molecule has 2 aromatic rings. The monoisotopic (exact) mass is 678 g/mol. The molecule has 4 aliphatic rings. The number of hydrogen-bond acceptors (Lipinski definition) is 4. The molecule has 264 valence electrons. The number of nitrogens with zero attached hydrogens (tertiary/aromatic N) is 2. The van der Waals surface area contributed by atoms with Crippen LogP contribution in [0, 0.1) is 11.8 Å². The van der Waals surface area contributed by atoms with Gasteiger partial charge in [-0.05, 0) is 105 Å². The largest absolute Gasteiger partial charge is 0.487 e. The maximum Gasteiger partial charge on any atom is 0.416 e. The number of alkyl halides is 3. The lowest BCUT2D eigenvalue weighted by Crippen LogP contribution is -2.42. The molecular formula is C40H49F3N2O4. The summed E-state index contributed by atoms with van der Waals surface area (Å²) in [6.45, 7) is 10.7. The number of carbonyl (C=O) groups is 2. The van der Waals surface area contributed by atoms with E-state index in [1.54, 1.807) is 29.2 Å². The second-order valence-electron chi connectivity index (χ2n) is 14.8. The Hall–Kier alpha value is -3.75. The number of rotatable bonds is 10. The number of halogens is 3. The van der Waals surface area contributed by atoms with E-state index in [2.05, 4.69) is 39.8 Å². The third kappa shape index (κ3) is 7.86. The van der Waals surface area contributed by atoms with Crippen molar-refractivity contribution in [1.29, 1.82) is 0 Å². The lowest BCUT2D eigenvalue weighted by molar-refractivity contribution is -0.138. The van der Waals surface area contributed by atoms with Gasteiger partial charge < -0.3 is 19.3 Å². The summed E-state index contributed by atoms with van der Waals surface area (Å²) in [4.78, 5) is 30.9. The number of amides is 2. The van der Waals surface area contributed by atoms with Crippen LogP contribution in [-0.4, -0.2) is 53.9 Å². The average Bonchev–Trinajstić information content (AvgIpc) is 3.75. The van der Waals surface area contributed by atoms with Gasteiger partial charge in [0.2, 0.25) is 5.91 Å². The molecule has 0 radical (unpaired) electrons. The van der Waals surface area contributed by atoms with Gasteiger partial charge >= 0.3 is 6.18 Å². The summed E-state index contributed by atoms with van der Waals surface area (Å²) in [5.41, 5.74) is 2.15. The van der Waals surface area contributed by atoms with E-state index in [9.17, 15) is 22.8 Å². The molecule has 2 aromatic carbocycles. The van der Waals surface area contributed by atoms with Crippen molar-refractivity contribution in [2.24, 2.45) is 11.8 Å². The molecule has 2 aliphatic heterocycles. The molecule has 0 unspecified atom stereocenters.